The maximum Gasteiger partial charge on any atom is 0.405 e. The van der Waals surface area contributed by atoms with Crippen molar-refractivity contribution in [2.75, 3.05) is 0 Å². The second-order valence-electron chi connectivity index (χ2n) is 8.08. The van der Waals surface area contributed by atoms with Crippen LogP contribution in [-0.4, -0.2) is 23.0 Å². The number of ether oxygens (including phenoxy) is 1. The zero-order valence-corrected chi connectivity index (χ0v) is 18.5. The maximum absolute atomic E-state index is 13.2. The largest absolute Gasteiger partial charge is 0.436 e. The van der Waals surface area contributed by atoms with Crippen LogP contribution in [0.3, 0.4) is 0 Å². The van der Waals surface area contributed by atoms with E-state index in [2.05, 4.69) is 20.8 Å². The van der Waals surface area contributed by atoms with Gasteiger partial charge in [-0.1, -0.05) is 39.3 Å². The van der Waals surface area contributed by atoms with Crippen LogP contribution in [0.1, 0.15) is 56.2 Å². The average Bonchev–Trinajstić information content (AvgIpc) is 3.29. The Bertz CT molecular complexity index is 685. The summed E-state index contributed by atoms with van der Waals surface area (Å²) in [5, 5.41) is 3.99. The minimum atomic E-state index is -0.902. The Morgan fingerprint density at radius 3 is 2.07 bits per heavy atom. The van der Waals surface area contributed by atoms with Crippen LogP contribution in [0.4, 0.5) is 4.79 Å². The van der Waals surface area contributed by atoms with E-state index < -0.39 is 12.2 Å². The first kappa shape index (κ1) is 22.4. The molecule has 0 aliphatic rings. The van der Waals surface area contributed by atoms with Crippen LogP contribution in [0.15, 0.2) is 35.0 Å². The topological polar surface area (TPSA) is 72.6 Å². The number of rotatable bonds is 10. The van der Waals surface area contributed by atoms with Crippen LogP contribution in [0, 0.1) is 5.41 Å². The summed E-state index contributed by atoms with van der Waals surface area (Å²) in [5.41, 5.74) is 5.49. The third kappa shape index (κ3) is 8.02. The molecule has 2 heterocycles. The molecule has 0 unspecified atom stereocenters. The number of carbonyl (C=O) groups excluding carboxylic acids is 2. The summed E-state index contributed by atoms with van der Waals surface area (Å²) in [7, 11) is 0. The first-order chi connectivity index (χ1) is 13.2. The van der Waals surface area contributed by atoms with Gasteiger partial charge in [0.1, 0.15) is 0 Å². The fourth-order valence-corrected chi connectivity index (χ4v) is 4.39. The van der Waals surface area contributed by atoms with Crippen molar-refractivity contribution in [3.63, 3.8) is 0 Å². The Hall–Kier alpha value is -1.86. The molecule has 7 heteroatoms. The SMILES string of the molecule is CC(C)(C)CCCC[C@@H](OC(N)=O)C(=O)N(Cc1cccs1)Cc1cccs1. The Kier molecular flexibility index (Phi) is 8.51. The molecule has 0 radical (unpaired) electrons. The molecule has 0 spiro atoms. The average molecular weight is 423 g/mol. The molecule has 0 aliphatic carbocycles. The molecule has 0 fully saturated rings. The van der Waals surface area contributed by atoms with Crippen molar-refractivity contribution >= 4 is 34.7 Å². The van der Waals surface area contributed by atoms with Gasteiger partial charge in [0, 0.05) is 9.75 Å². The third-order valence-corrected chi connectivity index (χ3v) is 6.06. The van der Waals surface area contributed by atoms with Crippen molar-refractivity contribution in [2.45, 2.75) is 65.6 Å². The van der Waals surface area contributed by atoms with Crippen LogP contribution in [0.2, 0.25) is 0 Å². The minimum Gasteiger partial charge on any atom is -0.436 e. The van der Waals surface area contributed by atoms with Gasteiger partial charge in [0.2, 0.25) is 0 Å². The number of nitrogens with zero attached hydrogens (tertiary/aromatic N) is 1. The number of thiophene rings is 2. The summed E-state index contributed by atoms with van der Waals surface area (Å²) < 4.78 is 5.22. The molecule has 154 valence electrons. The standard InChI is InChI=1S/C21H30N2O3S2/c1-21(2,3)11-5-4-10-18(26-20(22)25)19(24)23(14-16-8-6-12-27-16)15-17-9-7-13-28-17/h6-9,12-13,18H,4-5,10-11,14-15H2,1-3H3,(H2,22,25)/t18-/m1/s1. The number of primary amides is 1. The predicted octanol–water partition coefficient (Wildman–Crippen LogP) is 5.41. The molecule has 2 rings (SSSR count). The van der Waals surface area contributed by atoms with Crippen LogP contribution >= 0.6 is 22.7 Å². The Balaban J connectivity index is 2.07. The number of amides is 2. The molecule has 2 aromatic rings. The van der Waals surface area contributed by atoms with Gasteiger partial charge in [0.15, 0.2) is 6.10 Å². The number of hydrogen-bond acceptors (Lipinski definition) is 5. The molecule has 0 aliphatic heterocycles. The summed E-state index contributed by atoms with van der Waals surface area (Å²) >= 11 is 3.22. The highest BCUT2D eigenvalue weighted by atomic mass is 32.1. The van der Waals surface area contributed by atoms with Gasteiger partial charge < -0.3 is 15.4 Å². The predicted molar refractivity (Wildman–Crippen MR) is 115 cm³/mol. The van der Waals surface area contributed by atoms with Crippen molar-refractivity contribution < 1.29 is 14.3 Å². The highest BCUT2D eigenvalue weighted by Crippen LogP contribution is 2.24. The molecule has 5 nitrogen and oxygen atoms in total. The van der Waals surface area contributed by atoms with Gasteiger partial charge in [-0.25, -0.2) is 4.79 Å². The lowest BCUT2D eigenvalue weighted by molar-refractivity contribution is -0.141. The molecule has 28 heavy (non-hydrogen) atoms. The van der Waals surface area contributed by atoms with Crippen LogP contribution in [0.5, 0.6) is 0 Å². The second-order valence-corrected chi connectivity index (χ2v) is 10.1. The van der Waals surface area contributed by atoms with E-state index in [1.165, 1.54) is 0 Å². The molecule has 2 N–H and O–H groups in total. The Labute approximate surface area is 175 Å². The zero-order chi connectivity index (χ0) is 20.6. The molecule has 0 aromatic carbocycles. The van der Waals surface area contributed by atoms with Crippen LogP contribution in [-0.2, 0) is 22.6 Å². The highest BCUT2D eigenvalue weighted by Gasteiger charge is 2.28. The van der Waals surface area contributed by atoms with Gasteiger partial charge >= 0.3 is 6.09 Å². The summed E-state index contributed by atoms with van der Waals surface area (Å²) in [5.74, 6) is -0.184. The molecule has 1 atom stereocenters. The lowest BCUT2D eigenvalue weighted by Gasteiger charge is -2.26. The molecule has 0 bridgehead atoms. The zero-order valence-electron chi connectivity index (χ0n) is 16.8. The fourth-order valence-electron chi connectivity index (χ4n) is 2.95. The van der Waals surface area contributed by atoms with E-state index >= 15 is 0 Å². The number of carbonyl (C=O) groups is 2. The molecule has 2 aromatic heterocycles. The maximum atomic E-state index is 13.2. The lowest BCUT2D eigenvalue weighted by atomic mass is 9.89. The summed E-state index contributed by atoms with van der Waals surface area (Å²) in [6.07, 6.45) is 1.60. The van der Waals surface area contributed by atoms with E-state index in [9.17, 15) is 9.59 Å². The van der Waals surface area contributed by atoms with Crippen LogP contribution in [0.25, 0.3) is 0 Å². The summed E-state index contributed by atoms with van der Waals surface area (Å²) in [6, 6.07) is 7.95. The Morgan fingerprint density at radius 2 is 1.64 bits per heavy atom. The molecule has 0 saturated carbocycles. The van der Waals surface area contributed by atoms with E-state index in [-0.39, 0.29) is 11.3 Å². The van der Waals surface area contributed by atoms with E-state index in [1.54, 1.807) is 27.6 Å². The van der Waals surface area contributed by atoms with E-state index in [1.807, 2.05) is 35.0 Å². The highest BCUT2D eigenvalue weighted by molar-refractivity contribution is 7.10. The van der Waals surface area contributed by atoms with Gasteiger partial charge in [-0.15, -0.1) is 22.7 Å². The van der Waals surface area contributed by atoms with Gasteiger partial charge in [-0.3, -0.25) is 4.79 Å². The van der Waals surface area contributed by atoms with E-state index in [4.69, 9.17) is 10.5 Å². The molecular weight excluding hydrogens is 392 g/mol. The number of hydrogen-bond donors (Lipinski definition) is 1. The van der Waals surface area contributed by atoms with Gasteiger partial charge in [-0.2, -0.15) is 0 Å². The number of nitrogens with two attached hydrogens (primary N) is 1. The van der Waals surface area contributed by atoms with Gasteiger partial charge in [-0.05, 0) is 47.6 Å². The number of unbranched alkanes of at least 4 members (excludes halogenated alkanes) is 1. The van der Waals surface area contributed by atoms with Crippen molar-refractivity contribution in [2.24, 2.45) is 11.1 Å². The smallest absolute Gasteiger partial charge is 0.405 e. The van der Waals surface area contributed by atoms with Crippen molar-refractivity contribution in [1.29, 1.82) is 0 Å². The summed E-state index contributed by atoms with van der Waals surface area (Å²) in [6.45, 7) is 7.57. The van der Waals surface area contributed by atoms with Crippen LogP contribution < -0.4 is 5.73 Å². The fraction of sp³-hybridized carbons (Fsp3) is 0.524. The van der Waals surface area contributed by atoms with Crippen molar-refractivity contribution in [3.8, 4) is 0 Å². The Morgan fingerprint density at radius 1 is 1.07 bits per heavy atom. The van der Waals surface area contributed by atoms with Gasteiger partial charge in [0.05, 0.1) is 13.1 Å². The van der Waals surface area contributed by atoms with E-state index in [0.29, 0.717) is 19.5 Å². The normalized spacial score (nSPS) is 12.5. The van der Waals surface area contributed by atoms with E-state index in [0.717, 1.165) is 29.0 Å². The lowest BCUT2D eigenvalue weighted by Crippen LogP contribution is -2.41. The van der Waals surface area contributed by atoms with Gasteiger partial charge in [0.25, 0.3) is 5.91 Å². The minimum absolute atomic E-state index is 0.184. The first-order valence-corrected chi connectivity index (χ1v) is 11.3. The quantitative estimate of drug-likeness (QED) is 0.520. The molecule has 2 amide bonds. The molecular formula is C21H30N2O3S2. The molecule has 0 saturated heterocycles. The van der Waals surface area contributed by atoms with Crippen molar-refractivity contribution in [1.82, 2.24) is 4.90 Å². The monoisotopic (exact) mass is 422 g/mol. The summed E-state index contributed by atoms with van der Waals surface area (Å²) in [4.78, 5) is 28.6. The first-order valence-electron chi connectivity index (χ1n) is 9.54. The third-order valence-electron chi connectivity index (χ3n) is 4.34. The second kappa shape index (κ2) is 10.6. The van der Waals surface area contributed by atoms with Crippen molar-refractivity contribution in [3.05, 3.63) is 44.8 Å².